The Bertz CT molecular complexity index is 692. The Labute approximate surface area is 142 Å². The average Bonchev–Trinajstić information content (AvgIpc) is 2.56. The van der Waals surface area contributed by atoms with Gasteiger partial charge in [0.05, 0.1) is 6.54 Å². The molecular formula is C19H23N3O2. The second kappa shape index (κ2) is 7.36. The van der Waals surface area contributed by atoms with E-state index in [0.29, 0.717) is 6.54 Å². The number of aryl methyl sites for hydroxylation is 1. The van der Waals surface area contributed by atoms with Gasteiger partial charge in [0.1, 0.15) is 5.75 Å². The lowest BCUT2D eigenvalue weighted by atomic mass is 10.2. The molecule has 2 N–H and O–H groups in total. The second-order valence-corrected chi connectivity index (χ2v) is 6.20. The highest BCUT2D eigenvalue weighted by Crippen LogP contribution is 2.19. The van der Waals surface area contributed by atoms with Gasteiger partial charge in [-0.05, 0) is 48.9 Å². The molecule has 0 spiro atoms. The van der Waals surface area contributed by atoms with Crippen LogP contribution in [0.4, 0.5) is 11.4 Å². The molecule has 2 aromatic carbocycles. The summed E-state index contributed by atoms with van der Waals surface area (Å²) < 4.78 is 0. The molecule has 1 aliphatic rings. The Hall–Kier alpha value is -2.53. The largest absolute Gasteiger partial charge is 0.508 e. The van der Waals surface area contributed by atoms with Crippen LogP contribution in [-0.4, -0.2) is 48.6 Å². The van der Waals surface area contributed by atoms with Crippen molar-refractivity contribution < 1.29 is 9.90 Å². The summed E-state index contributed by atoms with van der Waals surface area (Å²) in [5, 5.41) is 12.3. The maximum absolute atomic E-state index is 12.2. The van der Waals surface area contributed by atoms with E-state index in [9.17, 15) is 9.90 Å². The molecule has 126 valence electrons. The van der Waals surface area contributed by atoms with Gasteiger partial charge in [0.15, 0.2) is 0 Å². The van der Waals surface area contributed by atoms with E-state index < -0.39 is 0 Å². The lowest BCUT2D eigenvalue weighted by Gasteiger charge is -2.35. The predicted molar refractivity (Wildman–Crippen MR) is 96.6 cm³/mol. The molecule has 2 aromatic rings. The van der Waals surface area contributed by atoms with E-state index in [1.54, 1.807) is 12.1 Å². The van der Waals surface area contributed by atoms with Crippen LogP contribution >= 0.6 is 0 Å². The van der Waals surface area contributed by atoms with Gasteiger partial charge in [0, 0.05) is 37.6 Å². The van der Waals surface area contributed by atoms with E-state index >= 15 is 0 Å². The first kappa shape index (κ1) is 16.3. The van der Waals surface area contributed by atoms with Crippen LogP contribution in [0, 0.1) is 6.92 Å². The first-order valence-corrected chi connectivity index (χ1v) is 8.23. The highest BCUT2D eigenvalue weighted by Gasteiger charge is 2.19. The van der Waals surface area contributed by atoms with Gasteiger partial charge >= 0.3 is 0 Å². The molecule has 0 atom stereocenters. The van der Waals surface area contributed by atoms with Crippen molar-refractivity contribution in [3.63, 3.8) is 0 Å². The number of aromatic hydroxyl groups is 1. The number of anilines is 2. The van der Waals surface area contributed by atoms with Crippen LogP contribution < -0.4 is 10.2 Å². The van der Waals surface area contributed by atoms with Crippen LogP contribution in [0.15, 0.2) is 48.5 Å². The van der Waals surface area contributed by atoms with Gasteiger partial charge in [-0.2, -0.15) is 0 Å². The van der Waals surface area contributed by atoms with E-state index in [1.165, 1.54) is 0 Å². The fourth-order valence-electron chi connectivity index (χ4n) is 2.95. The molecule has 1 amide bonds. The summed E-state index contributed by atoms with van der Waals surface area (Å²) in [7, 11) is 0. The van der Waals surface area contributed by atoms with E-state index in [1.807, 2.05) is 43.3 Å². The summed E-state index contributed by atoms with van der Waals surface area (Å²) in [6, 6.07) is 15.1. The summed E-state index contributed by atoms with van der Waals surface area (Å²) in [4.78, 5) is 16.6. The molecule has 3 rings (SSSR count). The Morgan fingerprint density at radius 3 is 2.46 bits per heavy atom. The van der Waals surface area contributed by atoms with E-state index in [4.69, 9.17) is 0 Å². The van der Waals surface area contributed by atoms with Gasteiger partial charge < -0.3 is 15.3 Å². The Kier molecular flexibility index (Phi) is 5.01. The fourth-order valence-corrected chi connectivity index (χ4v) is 2.95. The van der Waals surface area contributed by atoms with E-state index in [0.717, 1.165) is 43.1 Å². The zero-order valence-corrected chi connectivity index (χ0v) is 13.9. The van der Waals surface area contributed by atoms with Gasteiger partial charge in [0.2, 0.25) is 5.91 Å². The van der Waals surface area contributed by atoms with E-state index in [2.05, 4.69) is 15.1 Å². The minimum atomic E-state index is 0.0266. The van der Waals surface area contributed by atoms with Crippen LogP contribution in [0.1, 0.15) is 5.56 Å². The second-order valence-electron chi connectivity index (χ2n) is 6.20. The number of nitrogens with zero attached hydrogens (tertiary/aromatic N) is 2. The minimum absolute atomic E-state index is 0.0266. The number of benzene rings is 2. The topological polar surface area (TPSA) is 55.8 Å². The number of phenols is 1. The molecule has 5 nitrogen and oxygen atoms in total. The van der Waals surface area contributed by atoms with Crippen molar-refractivity contribution >= 4 is 17.3 Å². The average molecular weight is 325 g/mol. The molecule has 1 saturated heterocycles. The smallest absolute Gasteiger partial charge is 0.238 e. The normalized spacial score (nSPS) is 15.3. The van der Waals surface area contributed by atoms with Crippen molar-refractivity contribution in [2.24, 2.45) is 0 Å². The zero-order chi connectivity index (χ0) is 16.9. The summed E-state index contributed by atoms with van der Waals surface area (Å²) in [5.41, 5.74) is 3.09. The Balaban J connectivity index is 1.48. The molecule has 1 heterocycles. The lowest BCUT2D eigenvalue weighted by molar-refractivity contribution is -0.117. The highest BCUT2D eigenvalue weighted by molar-refractivity contribution is 5.92. The Morgan fingerprint density at radius 1 is 1.08 bits per heavy atom. The number of carbonyl (C=O) groups is 1. The molecule has 1 aliphatic heterocycles. The van der Waals surface area contributed by atoms with Crippen molar-refractivity contribution in [3.8, 4) is 5.75 Å². The van der Waals surface area contributed by atoms with Crippen molar-refractivity contribution in [2.75, 3.05) is 42.9 Å². The summed E-state index contributed by atoms with van der Waals surface area (Å²) in [6.07, 6.45) is 0. The molecular weight excluding hydrogens is 302 g/mol. The minimum Gasteiger partial charge on any atom is -0.508 e. The maximum atomic E-state index is 12.2. The van der Waals surface area contributed by atoms with E-state index in [-0.39, 0.29) is 11.7 Å². The summed E-state index contributed by atoms with van der Waals surface area (Å²) in [5.74, 6) is 0.309. The summed E-state index contributed by atoms with van der Waals surface area (Å²) in [6.45, 7) is 5.88. The molecule has 0 aliphatic carbocycles. The molecule has 24 heavy (non-hydrogen) atoms. The van der Waals surface area contributed by atoms with Crippen LogP contribution in [0.25, 0.3) is 0 Å². The van der Waals surface area contributed by atoms with Crippen molar-refractivity contribution in [1.82, 2.24) is 4.90 Å². The number of phenolic OH excluding ortho intramolecular Hbond substituents is 1. The SMILES string of the molecule is Cc1cccc(NC(=O)CN2CCN(c3ccc(O)cc3)CC2)c1. The zero-order valence-electron chi connectivity index (χ0n) is 13.9. The van der Waals surface area contributed by atoms with Crippen molar-refractivity contribution in [1.29, 1.82) is 0 Å². The molecule has 0 bridgehead atoms. The molecule has 0 unspecified atom stereocenters. The van der Waals surface area contributed by atoms with Gasteiger partial charge in [-0.3, -0.25) is 9.69 Å². The van der Waals surface area contributed by atoms with Gasteiger partial charge in [0.25, 0.3) is 0 Å². The first-order chi connectivity index (χ1) is 11.6. The molecule has 0 aromatic heterocycles. The predicted octanol–water partition coefficient (Wildman–Crippen LogP) is 2.46. The maximum Gasteiger partial charge on any atom is 0.238 e. The number of piperazine rings is 1. The van der Waals surface area contributed by atoms with Crippen molar-refractivity contribution in [3.05, 3.63) is 54.1 Å². The summed E-state index contributed by atoms with van der Waals surface area (Å²) >= 11 is 0. The Morgan fingerprint density at radius 2 is 1.79 bits per heavy atom. The number of carbonyl (C=O) groups excluding carboxylic acids is 1. The number of hydrogen-bond donors (Lipinski definition) is 2. The van der Waals surface area contributed by atoms with Crippen LogP contribution in [-0.2, 0) is 4.79 Å². The number of hydrogen-bond acceptors (Lipinski definition) is 4. The number of rotatable bonds is 4. The van der Waals surface area contributed by atoms with Crippen molar-refractivity contribution in [2.45, 2.75) is 6.92 Å². The molecule has 0 saturated carbocycles. The third-order valence-electron chi connectivity index (χ3n) is 4.26. The molecule has 0 radical (unpaired) electrons. The number of nitrogens with one attached hydrogen (secondary N) is 1. The fraction of sp³-hybridized carbons (Fsp3) is 0.316. The third kappa shape index (κ3) is 4.26. The van der Waals surface area contributed by atoms with Crippen LogP contribution in [0.5, 0.6) is 5.75 Å². The van der Waals surface area contributed by atoms with Gasteiger partial charge in [-0.15, -0.1) is 0 Å². The van der Waals surface area contributed by atoms with Gasteiger partial charge in [-0.25, -0.2) is 0 Å². The van der Waals surface area contributed by atoms with Crippen LogP contribution in [0.2, 0.25) is 0 Å². The standard InChI is InChI=1S/C19H23N3O2/c1-15-3-2-4-16(13-15)20-19(24)14-21-9-11-22(12-10-21)17-5-7-18(23)8-6-17/h2-8,13,23H,9-12,14H2,1H3,(H,20,24). The number of amides is 1. The first-order valence-electron chi connectivity index (χ1n) is 8.23. The molecule has 5 heteroatoms. The lowest BCUT2D eigenvalue weighted by Crippen LogP contribution is -2.48. The van der Waals surface area contributed by atoms with Crippen LogP contribution in [0.3, 0.4) is 0 Å². The highest BCUT2D eigenvalue weighted by atomic mass is 16.3. The third-order valence-corrected chi connectivity index (χ3v) is 4.26. The monoisotopic (exact) mass is 325 g/mol. The molecule has 1 fully saturated rings. The quantitative estimate of drug-likeness (QED) is 0.907. The van der Waals surface area contributed by atoms with Gasteiger partial charge in [-0.1, -0.05) is 12.1 Å².